The summed E-state index contributed by atoms with van der Waals surface area (Å²) in [5.74, 6) is -0.0202. The molecule has 0 saturated heterocycles. The molecular weight excluding hydrogens is 381 g/mol. The smallest absolute Gasteiger partial charge is 0.427 e. The molecule has 0 atom stereocenters. The summed E-state index contributed by atoms with van der Waals surface area (Å²) in [5, 5.41) is 10.9. The van der Waals surface area contributed by atoms with Crippen molar-refractivity contribution in [2.75, 3.05) is 13.3 Å². The Balaban J connectivity index is 2.91. The number of hydrogen-bond donors (Lipinski definition) is 2. The van der Waals surface area contributed by atoms with Gasteiger partial charge in [0.2, 0.25) is 5.96 Å². The summed E-state index contributed by atoms with van der Waals surface area (Å²) >= 11 is 0. The Morgan fingerprint density at radius 2 is 1.62 bits per heavy atom. The fraction of sp³-hybridized carbons (Fsp3) is 0.550. The first-order chi connectivity index (χ1) is 13.3. The molecule has 0 bridgehead atoms. The maximum Gasteiger partial charge on any atom is 0.427 e. The van der Waals surface area contributed by atoms with E-state index in [-0.39, 0.29) is 13.2 Å². The van der Waals surface area contributed by atoms with E-state index in [2.05, 4.69) is 5.32 Å². The average Bonchev–Trinajstić information content (AvgIpc) is 2.55. The van der Waals surface area contributed by atoms with Gasteiger partial charge in [-0.05, 0) is 59.2 Å². The van der Waals surface area contributed by atoms with Crippen LogP contribution in [0.2, 0.25) is 0 Å². The number of guanidine groups is 1. The molecule has 0 aromatic heterocycles. The highest BCUT2D eigenvalue weighted by atomic mass is 19.1. The number of rotatable bonds is 5. The van der Waals surface area contributed by atoms with Gasteiger partial charge in [-0.2, -0.15) is 0 Å². The minimum absolute atomic E-state index is 0.0578. The topological polar surface area (TPSA) is 101 Å². The van der Waals surface area contributed by atoms with Crippen LogP contribution in [-0.2, 0) is 16.0 Å². The number of carbonyl (C=O) groups is 2. The quantitative estimate of drug-likeness (QED) is 0.555. The third kappa shape index (κ3) is 9.27. The Kier molecular flexibility index (Phi) is 8.42. The molecule has 0 spiro atoms. The molecule has 0 aliphatic rings. The molecule has 0 fully saturated rings. The summed E-state index contributed by atoms with van der Waals surface area (Å²) in [7, 11) is 0. The molecule has 0 radical (unpaired) electrons. The number of alkyl halides is 1. The van der Waals surface area contributed by atoms with E-state index < -0.39 is 36.0 Å². The molecule has 2 amide bonds. The van der Waals surface area contributed by atoms with E-state index in [1.165, 1.54) is 0 Å². The Labute approximate surface area is 170 Å². The highest BCUT2D eigenvalue weighted by Crippen LogP contribution is 2.16. The van der Waals surface area contributed by atoms with Gasteiger partial charge in [-0.15, -0.1) is 4.90 Å². The van der Waals surface area contributed by atoms with Crippen molar-refractivity contribution in [3.8, 4) is 5.75 Å². The number of halogens is 1. The van der Waals surface area contributed by atoms with Crippen LogP contribution in [0.15, 0.2) is 24.3 Å². The fourth-order valence-corrected chi connectivity index (χ4v) is 2.04. The molecule has 8 nitrogen and oxygen atoms in total. The Bertz CT molecular complexity index is 698. The maximum absolute atomic E-state index is 12.5. The van der Waals surface area contributed by atoms with Crippen molar-refractivity contribution in [3.05, 3.63) is 29.8 Å². The van der Waals surface area contributed by atoms with Crippen molar-refractivity contribution in [2.45, 2.75) is 59.3 Å². The summed E-state index contributed by atoms with van der Waals surface area (Å²) < 4.78 is 27.9. The zero-order chi connectivity index (χ0) is 22.2. The number of nitrogens with zero attached hydrogens (tertiary/aromatic N) is 1. The van der Waals surface area contributed by atoms with Crippen LogP contribution in [0.3, 0.4) is 0 Å². The summed E-state index contributed by atoms with van der Waals surface area (Å²) in [4.78, 5) is 25.5. The SMILES string of the molecule is CC(C)(C)OC(=O)N(C(=N)NCc1cccc(OCCF)c1)C(=O)OC(C)(C)C. The van der Waals surface area contributed by atoms with Crippen molar-refractivity contribution >= 4 is 18.1 Å². The first-order valence-electron chi connectivity index (χ1n) is 9.18. The molecule has 0 heterocycles. The lowest BCUT2D eigenvalue weighted by molar-refractivity contribution is 0.0140. The second-order valence-corrected chi connectivity index (χ2v) is 8.18. The van der Waals surface area contributed by atoms with E-state index in [4.69, 9.17) is 19.6 Å². The zero-order valence-electron chi connectivity index (χ0n) is 17.8. The van der Waals surface area contributed by atoms with Crippen LogP contribution in [0.1, 0.15) is 47.1 Å². The van der Waals surface area contributed by atoms with Crippen LogP contribution in [0.25, 0.3) is 0 Å². The predicted molar refractivity (Wildman–Crippen MR) is 107 cm³/mol. The van der Waals surface area contributed by atoms with Crippen molar-refractivity contribution in [3.63, 3.8) is 0 Å². The van der Waals surface area contributed by atoms with Gasteiger partial charge in [0.05, 0.1) is 0 Å². The average molecular weight is 411 g/mol. The Morgan fingerprint density at radius 1 is 1.07 bits per heavy atom. The highest BCUT2D eigenvalue weighted by molar-refractivity contribution is 6.06. The number of ether oxygens (including phenoxy) is 3. The van der Waals surface area contributed by atoms with Gasteiger partial charge in [0.25, 0.3) is 0 Å². The molecule has 0 unspecified atom stereocenters. The number of amides is 2. The molecule has 1 aromatic carbocycles. The van der Waals surface area contributed by atoms with Crippen LogP contribution >= 0.6 is 0 Å². The number of imide groups is 1. The molecule has 1 aromatic rings. The Morgan fingerprint density at radius 3 is 2.10 bits per heavy atom. The van der Waals surface area contributed by atoms with Gasteiger partial charge in [-0.1, -0.05) is 12.1 Å². The molecule has 162 valence electrons. The standard InChI is InChI=1S/C20H30FN3O5/c1-19(2,3)28-17(25)24(18(26)29-20(4,5)6)16(22)23-13-14-8-7-9-15(12-14)27-11-10-21/h7-9,12H,10-11,13H2,1-6H3,(H2,22,23). The van der Waals surface area contributed by atoms with Gasteiger partial charge in [-0.25, -0.2) is 14.0 Å². The van der Waals surface area contributed by atoms with Gasteiger partial charge in [0, 0.05) is 6.54 Å². The lowest BCUT2D eigenvalue weighted by Crippen LogP contribution is -2.51. The molecule has 2 N–H and O–H groups in total. The van der Waals surface area contributed by atoms with Crippen molar-refractivity contribution in [1.29, 1.82) is 5.41 Å². The minimum Gasteiger partial charge on any atom is -0.491 e. The van der Waals surface area contributed by atoms with E-state index >= 15 is 0 Å². The maximum atomic E-state index is 12.5. The fourth-order valence-electron chi connectivity index (χ4n) is 2.04. The predicted octanol–water partition coefficient (Wildman–Crippen LogP) is 4.23. The summed E-state index contributed by atoms with van der Waals surface area (Å²) in [6, 6.07) is 6.82. The van der Waals surface area contributed by atoms with E-state index in [0.29, 0.717) is 16.2 Å². The lowest BCUT2D eigenvalue weighted by Gasteiger charge is -2.28. The summed E-state index contributed by atoms with van der Waals surface area (Å²) in [6.07, 6.45) is -2.05. The molecule has 1 rings (SSSR count). The highest BCUT2D eigenvalue weighted by Gasteiger charge is 2.34. The molecule has 9 heteroatoms. The van der Waals surface area contributed by atoms with Gasteiger partial charge in [0.15, 0.2) is 0 Å². The first-order valence-corrected chi connectivity index (χ1v) is 9.18. The molecule has 0 saturated carbocycles. The third-order valence-corrected chi connectivity index (χ3v) is 3.08. The largest absolute Gasteiger partial charge is 0.491 e. The second-order valence-electron chi connectivity index (χ2n) is 8.18. The first kappa shape index (κ1) is 24.2. The van der Waals surface area contributed by atoms with E-state index in [1.807, 2.05) is 0 Å². The van der Waals surface area contributed by atoms with Crippen LogP contribution in [0, 0.1) is 5.41 Å². The monoisotopic (exact) mass is 411 g/mol. The number of carbonyl (C=O) groups excluding carboxylic acids is 2. The molecular formula is C20H30FN3O5. The van der Waals surface area contributed by atoms with Gasteiger partial charge in [0.1, 0.15) is 30.2 Å². The van der Waals surface area contributed by atoms with Gasteiger partial charge in [-0.3, -0.25) is 5.41 Å². The second kappa shape index (κ2) is 10.1. The van der Waals surface area contributed by atoms with Crippen LogP contribution in [0.4, 0.5) is 14.0 Å². The zero-order valence-corrected chi connectivity index (χ0v) is 17.8. The van der Waals surface area contributed by atoms with E-state index in [0.717, 1.165) is 0 Å². The molecule has 0 aliphatic carbocycles. The lowest BCUT2D eigenvalue weighted by atomic mass is 10.2. The number of benzene rings is 1. The minimum atomic E-state index is -1.02. The summed E-state index contributed by atoms with van der Waals surface area (Å²) in [5.41, 5.74) is -1.01. The van der Waals surface area contributed by atoms with Crippen molar-refractivity contribution in [1.82, 2.24) is 10.2 Å². The van der Waals surface area contributed by atoms with Crippen LogP contribution < -0.4 is 10.1 Å². The van der Waals surface area contributed by atoms with Crippen LogP contribution in [0.5, 0.6) is 5.75 Å². The van der Waals surface area contributed by atoms with Gasteiger partial charge >= 0.3 is 12.2 Å². The van der Waals surface area contributed by atoms with E-state index in [1.54, 1.807) is 65.8 Å². The normalized spacial score (nSPS) is 11.4. The van der Waals surface area contributed by atoms with Gasteiger partial charge < -0.3 is 19.5 Å². The van der Waals surface area contributed by atoms with Crippen molar-refractivity contribution in [2.24, 2.45) is 0 Å². The number of nitrogens with one attached hydrogen (secondary N) is 2. The number of hydrogen-bond acceptors (Lipinski definition) is 6. The van der Waals surface area contributed by atoms with E-state index in [9.17, 15) is 14.0 Å². The molecule has 0 aliphatic heterocycles. The third-order valence-electron chi connectivity index (χ3n) is 3.08. The molecule has 29 heavy (non-hydrogen) atoms. The van der Waals surface area contributed by atoms with Crippen molar-refractivity contribution < 1.29 is 28.2 Å². The summed E-state index contributed by atoms with van der Waals surface area (Å²) in [6.45, 7) is 9.36. The Hall–Kier alpha value is -2.84. The van der Waals surface area contributed by atoms with Crippen LogP contribution in [-0.4, -0.2) is 47.5 Å².